The van der Waals surface area contributed by atoms with Crippen molar-refractivity contribution < 1.29 is 19.4 Å². The first-order valence-corrected chi connectivity index (χ1v) is 11.7. The van der Waals surface area contributed by atoms with Gasteiger partial charge in [0.15, 0.2) is 0 Å². The van der Waals surface area contributed by atoms with Crippen LogP contribution in [0.5, 0.6) is 11.5 Å². The van der Waals surface area contributed by atoms with Crippen LogP contribution >= 0.6 is 11.6 Å². The molecule has 0 fully saturated rings. The van der Waals surface area contributed by atoms with Crippen molar-refractivity contribution in [2.45, 2.75) is 27.4 Å². The van der Waals surface area contributed by atoms with Crippen molar-refractivity contribution >= 4 is 17.6 Å². The zero-order chi connectivity index (χ0) is 25.1. The molecule has 0 bridgehead atoms. The number of phenols is 1. The molecule has 5 heteroatoms. The number of methoxy groups -OCH3 is 1. The maximum absolute atomic E-state index is 13.2. The number of para-hydroxylation sites is 1. The summed E-state index contributed by atoms with van der Waals surface area (Å²) >= 11 is 6.93. The van der Waals surface area contributed by atoms with E-state index in [1.807, 2.05) is 87.5 Å². The molecule has 0 aliphatic heterocycles. The summed E-state index contributed by atoms with van der Waals surface area (Å²) in [4.78, 5) is 13.2. The highest BCUT2D eigenvalue weighted by atomic mass is 35.5. The number of hydrogen-bond acceptors (Lipinski definition) is 4. The Morgan fingerprint density at radius 3 is 2.23 bits per heavy atom. The Hall–Kier alpha value is -3.76. The molecule has 0 aliphatic rings. The Morgan fingerprint density at radius 2 is 1.51 bits per heavy atom. The predicted molar refractivity (Wildman–Crippen MR) is 140 cm³/mol. The quantitative estimate of drug-likeness (QED) is 0.284. The van der Waals surface area contributed by atoms with Crippen molar-refractivity contribution in [1.29, 1.82) is 0 Å². The van der Waals surface area contributed by atoms with Crippen LogP contribution in [0.4, 0.5) is 0 Å². The number of ether oxygens (including phenoxy) is 2. The van der Waals surface area contributed by atoms with Gasteiger partial charge >= 0.3 is 5.97 Å². The highest BCUT2D eigenvalue weighted by Gasteiger charge is 2.26. The molecule has 4 aromatic carbocycles. The molecule has 0 amide bonds. The van der Waals surface area contributed by atoms with Crippen molar-refractivity contribution in [3.05, 3.63) is 106 Å². The van der Waals surface area contributed by atoms with Gasteiger partial charge in [-0.15, -0.1) is 0 Å². The Morgan fingerprint density at radius 1 is 0.829 bits per heavy atom. The maximum Gasteiger partial charge on any atom is 0.339 e. The molecular formula is C30H27ClO4. The second kappa shape index (κ2) is 10.2. The minimum Gasteiger partial charge on any atom is -0.507 e. The Labute approximate surface area is 210 Å². The predicted octanol–water partition coefficient (Wildman–Crippen LogP) is 7.67. The highest BCUT2D eigenvalue weighted by molar-refractivity contribution is 6.35. The average molecular weight is 487 g/mol. The lowest BCUT2D eigenvalue weighted by molar-refractivity contribution is 0.0473. The number of benzene rings is 4. The monoisotopic (exact) mass is 486 g/mol. The molecule has 0 saturated heterocycles. The molecular weight excluding hydrogens is 460 g/mol. The first kappa shape index (κ1) is 24.4. The second-order valence-corrected chi connectivity index (χ2v) is 8.80. The summed E-state index contributed by atoms with van der Waals surface area (Å²) in [5.41, 5.74) is 5.99. The fraction of sp³-hybridized carbons (Fsp3) is 0.167. The van der Waals surface area contributed by atoms with Gasteiger partial charge in [0.25, 0.3) is 0 Å². The lowest BCUT2D eigenvalue weighted by atomic mass is 9.86. The fourth-order valence-corrected chi connectivity index (χ4v) is 4.73. The van der Waals surface area contributed by atoms with E-state index in [0.717, 1.165) is 16.7 Å². The largest absolute Gasteiger partial charge is 0.507 e. The van der Waals surface area contributed by atoms with Gasteiger partial charge in [-0.05, 0) is 49.6 Å². The Balaban J connectivity index is 1.85. The number of halogens is 1. The van der Waals surface area contributed by atoms with Crippen LogP contribution in [0.2, 0.25) is 5.02 Å². The molecule has 0 saturated carbocycles. The van der Waals surface area contributed by atoms with Crippen LogP contribution in [0.1, 0.15) is 32.6 Å². The van der Waals surface area contributed by atoms with Gasteiger partial charge in [0, 0.05) is 27.8 Å². The molecule has 0 heterocycles. The zero-order valence-electron chi connectivity index (χ0n) is 20.2. The van der Waals surface area contributed by atoms with Crippen molar-refractivity contribution in [2.75, 3.05) is 7.11 Å². The van der Waals surface area contributed by atoms with Crippen molar-refractivity contribution in [3.63, 3.8) is 0 Å². The smallest absolute Gasteiger partial charge is 0.339 e. The van der Waals surface area contributed by atoms with Crippen LogP contribution in [-0.4, -0.2) is 18.2 Å². The van der Waals surface area contributed by atoms with Crippen LogP contribution in [0.25, 0.3) is 22.3 Å². The lowest BCUT2D eigenvalue weighted by Gasteiger charge is -2.22. The van der Waals surface area contributed by atoms with E-state index in [1.165, 1.54) is 0 Å². The Kier molecular flexibility index (Phi) is 7.13. The molecule has 0 radical (unpaired) electrons. The molecule has 0 spiro atoms. The van der Waals surface area contributed by atoms with Crippen molar-refractivity contribution in [3.8, 4) is 33.8 Å². The maximum atomic E-state index is 13.2. The summed E-state index contributed by atoms with van der Waals surface area (Å²) in [5.74, 6) is 0.262. The molecule has 1 N–H and O–H groups in total. The van der Waals surface area contributed by atoms with Crippen LogP contribution in [0.3, 0.4) is 0 Å². The minimum absolute atomic E-state index is 0.0687. The van der Waals surface area contributed by atoms with E-state index in [1.54, 1.807) is 13.2 Å². The van der Waals surface area contributed by atoms with Gasteiger partial charge in [-0.1, -0.05) is 72.3 Å². The van der Waals surface area contributed by atoms with Crippen LogP contribution < -0.4 is 4.74 Å². The molecule has 0 unspecified atom stereocenters. The molecule has 35 heavy (non-hydrogen) atoms. The molecule has 0 aliphatic carbocycles. The normalized spacial score (nSPS) is 10.8. The highest BCUT2D eigenvalue weighted by Crippen LogP contribution is 2.49. The summed E-state index contributed by atoms with van der Waals surface area (Å²) in [6, 6.07) is 22.5. The second-order valence-electron chi connectivity index (χ2n) is 8.42. The van der Waals surface area contributed by atoms with E-state index in [0.29, 0.717) is 44.2 Å². The molecule has 4 rings (SSSR count). The topological polar surface area (TPSA) is 55.8 Å². The molecule has 0 aromatic heterocycles. The van der Waals surface area contributed by atoms with E-state index in [4.69, 9.17) is 21.1 Å². The van der Waals surface area contributed by atoms with Crippen molar-refractivity contribution in [2.24, 2.45) is 0 Å². The minimum atomic E-state index is -0.464. The average Bonchev–Trinajstić information content (AvgIpc) is 2.88. The van der Waals surface area contributed by atoms with Gasteiger partial charge in [-0.25, -0.2) is 4.79 Å². The number of rotatable bonds is 6. The first-order valence-electron chi connectivity index (χ1n) is 11.3. The van der Waals surface area contributed by atoms with Gasteiger partial charge < -0.3 is 14.6 Å². The van der Waals surface area contributed by atoms with Gasteiger partial charge in [-0.2, -0.15) is 0 Å². The molecule has 178 valence electrons. The van der Waals surface area contributed by atoms with Crippen LogP contribution in [0, 0.1) is 20.8 Å². The Bertz CT molecular complexity index is 1360. The third kappa shape index (κ3) is 4.62. The third-order valence-corrected chi connectivity index (χ3v) is 6.69. The van der Waals surface area contributed by atoms with Gasteiger partial charge in [0.05, 0.1) is 17.7 Å². The van der Waals surface area contributed by atoms with E-state index in [2.05, 4.69) is 0 Å². The van der Waals surface area contributed by atoms with Crippen LogP contribution in [0.15, 0.2) is 72.8 Å². The number of carbonyl (C=O) groups excluding carboxylic acids is 1. The molecule has 4 aromatic rings. The summed E-state index contributed by atoms with van der Waals surface area (Å²) in [6.45, 7) is 5.73. The number of phenolic OH excluding ortho intramolecular Hbond substituents is 1. The van der Waals surface area contributed by atoms with Crippen LogP contribution in [-0.2, 0) is 11.3 Å². The van der Waals surface area contributed by atoms with Gasteiger partial charge in [0.1, 0.15) is 18.1 Å². The summed E-state index contributed by atoms with van der Waals surface area (Å²) < 4.78 is 11.2. The number of esters is 1. The first-order chi connectivity index (χ1) is 16.8. The standard InChI is InChI=1S/C30H27ClO4/c1-18-11-10-15-23(30(33)35-17-21-12-6-5-7-13-21)25(18)27-19(2)28(31)26(20(3)29(27)32)22-14-8-9-16-24(22)34-4/h5-16,32H,17H2,1-4H3. The summed E-state index contributed by atoms with van der Waals surface area (Å²) in [7, 11) is 1.60. The molecule has 0 atom stereocenters. The fourth-order valence-electron chi connectivity index (χ4n) is 4.39. The number of aryl methyl sites for hydroxylation is 1. The number of carbonyl (C=O) groups is 1. The number of aromatic hydroxyl groups is 1. The number of hydrogen-bond donors (Lipinski definition) is 1. The third-order valence-electron chi connectivity index (χ3n) is 6.22. The van der Waals surface area contributed by atoms with Crippen molar-refractivity contribution in [1.82, 2.24) is 0 Å². The molecule has 4 nitrogen and oxygen atoms in total. The van der Waals surface area contributed by atoms with Gasteiger partial charge in [0.2, 0.25) is 0 Å². The lowest BCUT2D eigenvalue weighted by Crippen LogP contribution is -2.09. The van der Waals surface area contributed by atoms with E-state index < -0.39 is 5.97 Å². The zero-order valence-corrected chi connectivity index (χ0v) is 20.9. The summed E-state index contributed by atoms with van der Waals surface area (Å²) in [5, 5.41) is 11.9. The summed E-state index contributed by atoms with van der Waals surface area (Å²) in [6.07, 6.45) is 0. The SMILES string of the molecule is COc1ccccc1-c1c(C)c(O)c(-c2c(C)cccc2C(=O)OCc2ccccc2)c(C)c1Cl. The van der Waals surface area contributed by atoms with E-state index >= 15 is 0 Å². The van der Waals surface area contributed by atoms with Gasteiger partial charge in [-0.3, -0.25) is 0 Å². The van der Waals surface area contributed by atoms with E-state index in [-0.39, 0.29) is 12.4 Å². The van der Waals surface area contributed by atoms with E-state index in [9.17, 15) is 9.90 Å².